The Morgan fingerprint density at radius 2 is 1.97 bits per heavy atom. The first-order valence-electron chi connectivity index (χ1n) is 8.48. The molecule has 7 nitrogen and oxygen atoms in total. The SMILES string of the molecule is O=C(Cc1csc(NC(=O)c2ccccc2F)n1)Nc1cc(-c2cccs2)[nH]n1. The fourth-order valence-electron chi connectivity index (χ4n) is 2.55. The monoisotopic (exact) mass is 427 g/mol. The summed E-state index contributed by atoms with van der Waals surface area (Å²) in [6, 6.07) is 11.3. The van der Waals surface area contributed by atoms with Crippen LogP contribution in [-0.4, -0.2) is 27.0 Å². The summed E-state index contributed by atoms with van der Waals surface area (Å²) in [5.74, 6) is -1.07. The van der Waals surface area contributed by atoms with E-state index in [0.29, 0.717) is 16.6 Å². The number of carbonyl (C=O) groups is 2. The van der Waals surface area contributed by atoms with Crippen molar-refractivity contribution in [2.24, 2.45) is 0 Å². The van der Waals surface area contributed by atoms with Crippen molar-refractivity contribution in [1.82, 2.24) is 15.2 Å². The molecule has 1 aromatic carbocycles. The van der Waals surface area contributed by atoms with Crippen molar-refractivity contribution in [1.29, 1.82) is 0 Å². The zero-order valence-electron chi connectivity index (χ0n) is 14.8. The maximum atomic E-state index is 13.7. The molecule has 2 amide bonds. The maximum Gasteiger partial charge on any atom is 0.260 e. The van der Waals surface area contributed by atoms with Crippen LogP contribution >= 0.6 is 22.7 Å². The molecule has 29 heavy (non-hydrogen) atoms. The van der Waals surface area contributed by atoms with E-state index in [0.717, 1.165) is 21.9 Å². The number of aromatic nitrogens is 3. The third-order valence-electron chi connectivity index (χ3n) is 3.86. The number of nitrogens with one attached hydrogen (secondary N) is 3. The second-order valence-corrected chi connectivity index (χ2v) is 7.75. The zero-order chi connectivity index (χ0) is 20.2. The van der Waals surface area contributed by atoms with E-state index in [2.05, 4.69) is 25.8 Å². The van der Waals surface area contributed by atoms with Crippen LogP contribution in [-0.2, 0) is 11.2 Å². The van der Waals surface area contributed by atoms with Gasteiger partial charge in [0.25, 0.3) is 5.91 Å². The van der Waals surface area contributed by atoms with E-state index in [9.17, 15) is 14.0 Å². The van der Waals surface area contributed by atoms with E-state index < -0.39 is 11.7 Å². The summed E-state index contributed by atoms with van der Waals surface area (Å²) in [7, 11) is 0. The molecule has 0 radical (unpaired) electrons. The lowest BCUT2D eigenvalue weighted by Gasteiger charge is -2.02. The number of hydrogen-bond donors (Lipinski definition) is 3. The summed E-state index contributed by atoms with van der Waals surface area (Å²) >= 11 is 2.73. The van der Waals surface area contributed by atoms with Crippen molar-refractivity contribution in [3.8, 4) is 10.6 Å². The van der Waals surface area contributed by atoms with Gasteiger partial charge in [0.15, 0.2) is 10.9 Å². The molecule has 0 fully saturated rings. The molecule has 0 aliphatic carbocycles. The molecule has 0 aliphatic rings. The van der Waals surface area contributed by atoms with Gasteiger partial charge >= 0.3 is 0 Å². The molecule has 10 heteroatoms. The summed E-state index contributed by atoms with van der Waals surface area (Å²) in [5.41, 5.74) is 1.24. The van der Waals surface area contributed by atoms with Gasteiger partial charge < -0.3 is 5.32 Å². The van der Waals surface area contributed by atoms with Crippen LogP contribution < -0.4 is 10.6 Å². The van der Waals surface area contributed by atoms with Gasteiger partial charge in [-0.3, -0.25) is 20.0 Å². The number of thiophene rings is 1. The minimum absolute atomic E-state index is 0.0211. The highest BCUT2D eigenvalue weighted by Crippen LogP contribution is 2.24. The third kappa shape index (κ3) is 4.55. The standard InChI is InChI=1S/C19H14FN5O2S2/c20-13-5-2-1-4-12(13)18(27)23-19-21-11(10-29-19)8-17(26)22-16-9-14(24-25-16)15-6-3-7-28-15/h1-7,9-10H,8H2,(H,21,23,27)(H2,22,24,25,26). The predicted molar refractivity (Wildman–Crippen MR) is 111 cm³/mol. The number of benzene rings is 1. The number of thiazole rings is 1. The number of carbonyl (C=O) groups excluding carboxylic acids is 2. The molecule has 4 aromatic rings. The Morgan fingerprint density at radius 3 is 2.76 bits per heavy atom. The highest BCUT2D eigenvalue weighted by Gasteiger charge is 2.14. The first-order chi connectivity index (χ1) is 14.1. The summed E-state index contributed by atoms with van der Waals surface area (Å²) in [6.45, 7) is 0. The summed E-state index contributed by atoms with van der Waals surface area (Å²) in [6.07, 6.45) is 0.0211. The second kappa shape index (κ2) is 8.33. The van der Waals surface area contributed by atoms with Crippen molar-refractivity contribution < 1.29 is 14.0 Å². The van der Waals surface area contributed by atoms with Gasteiger partial charge in [-0.1, -0.05) is 18.2 Å². The van der Waals surface area contributed by atoms with Crippen LogP contribution in [0.25, 0.3) is 10.6 Å². The Morgan fingerprint density at radius 1 is 1.10 bits per heavy atom. The van der Waals surface area contributed by atoms with Crippen LogP contribution in [0.1, 0.15) is 16.1 Å². The molecule has 3 N–H and O–H groups in total. The third-order valence-corrected chi connectivity index (χ3v) is 5.57. The maximum absolute atomic E-state index is 13.7. The summed E-state index contributed by atoms with van der Waals surface area (Å²) in [4.78, 5) is 29.6. The van der Waals surface area contributed by atoms with Gasteiger partial charge in [0.05, 0.1) is 28.2 Å². The lowest BCUT2D eigenvalue weighted by Crippen LogP contribution is -2.15. The van der Waals surface area contributed by atoms with Gasteiger partial charge in [0.1, 0.15) is 5.82 Å². The molecule has 0 saturated heterocycles. The average molecular weight is 427 g/mol. The van der Waals surface area contributed by atoms with E-state index >= 15 is 0 Å². The van der Waals surface area contributed by atoms with Crippen molar-refractivity contribution in [3.63, 3.8) is 0 Å². The summed E-state index contributed by atoms with van der Waals surface area (Å²) < 4.78 is 13.7. The first kappa shape index (κ1) is 19.0. The van der Waals surface area contributed by atoms with Gasteiger partial charge in [-0.05, 0) is 23.6 Å². The number of hydrogen-bond acceptors (Lipinski definition) is 6. The van der Waals surface area contributed by atoms with E-state index in [-0.39, 0.29) is 17.9 Å². The number of anilines is 2. The molecule has 0 bridgehead atoms. The van der Waals surface area contributed by atoms with Crippen LogP contribution in [0.3, 0.4) is 0 Å². The van der Waals surface area contributed by atoms with Gasteiger partial charge in [-0.25, -0.2) is 9.37 Å². The van der Waals surface area contributed by atoms with Gasteiger partial charge in [0.2, 0.25) is 5.91 Å². The second-order valence-electron chi connectivity index (χ2n) is 5.95. The Balaban J connectivity index is 1.35. The van der Waals surface area contributed by atoms with Crippen LogP contribution in [0.15, 0.2) is 53.2 Å². The lowest BCUT2D eigenvalue weighted by atomic mass is 10.2. The Bertz CT molecular complexity index is 1150. The normalized spacial score (nSPS) is 10.7. The van der Waals surface area contributed by atoms with Crippen molar-refractivity contribution in [2.75, 3.05) is 10.6 Å². The highest BCUT2D eigenvalue weighted by atomic mass is 32.1. The Hall–Kier alpha value is -3.37. The van der Waals surface area contributed by atoms with Gasteiger partial charge in [0, 0.05) is 11.4 Å². The molecule has 146 valence electrons. The number of halogens is 1. The van der Waals surface area contributed by atoms with E-state index in [1.807, 2.05) is 17.5 Å². The number of H-pyrrole nitrogens is 1. The highest BCUT2D eigenvalue weighted by molar-refractivity contribution is 7.14. The molecule has 0 spiro atoms. The number of nitrogens with zero attached hydrogens (tertiary/aromatic N) is 2. The fraction of sp³-hybridized carbons (Fsp3) is 0.0526. The zero-order valence-corrected chi connectivity index (χ0v) is 16.4. The van der Waals surface area contributed by atoms with E-state index in [1.54, 1.807) is 28.8 Å². The van der Waals surface area contributed by atoms with Crippen LogP contribution in [0, 0.1) is 5.82 Å². The van der Waals surface area contributed by atoms with Crippen LogP contribution in [0.4, 0.5) is 15.3 Å². The Labute approximate surface area is 172 Å². The largest absolute Gasteiger partial charge is 0.309 e. The topological polar surface area (TPSA) is 99.8 Å². The molecule has 0 aliphatic heterocycles. The molecule has 0 saturated carbocycles. The smallest absolute Gasteiger partial charge is 0.260 e. The quantitative estimate of drug-likeness (QED) is 0.430. The summed E-state index contributed by atoms with van der Waals surface area (Å²) in [5, 5.41) is 16.1. The van der Waals surface area contributed by atoms with Crippen LogP contribution in [0.5, 0.6) is 0 Å². The van der Waals surface area contributed by atoms with Gasteiger partial charge in [-0.2, -0.15) is 5.10 Å². The first-order valence-corrected chi connectivity index (χ1v) is 10.2. The van der Waals surface area contributed by atoms with Crippen molar-refractivity contribution >= 4 is 45.4 Å². The predicted octanol–water partition coefficient (Wildman–Crippen LogP) is 4.17. The molecule has 0 unspecified atom stereocenters. The average Bonchev–Trinajstić information content (AvgIpc) is 3.44. The van der Waals surface area contributed by atoms with E-state index in [1.165, 1.54) is 18.2 Å². The van der Waals surface area contributed by atoms with E-state index in [4.69, 9.17) is 0 Å². The molecular formula is C19H14FN5O2S2. The van der Waals surface area contributed by atoms with Crippen LogP contribution in [0.2, 0.25) is 0 Å². The number of amides is 2. The number of aromatic amines is 1. The minimum atomic E-state index is -0.609. The lowest BCUT2D eigenvalue weighted by molar-refractivity contribution is -0.115. The Kier molecular flexibility index (Phi) is 5.45. The van der Waals surface area contributed by atoms with Crippen molar-refractivity contribution in [3.05, 3.63) is 70.3 Å². The molecule has 0 atom stereocenters. The molecule has 4 rings (SSSR count). The fourth-order valence-corrected chi connectivity index (χ4v) is 3.95. The minimum Gasteiger partial charge on any atom is -0.309 e. The molecule has 3 heterocycles. The number of rotatable bonds is 6. The molecule has 3 aromatic heterocycles. The van der Waals surface area contributed by atoms with Gasteiger partial charge in [-0.15, -0.1) is 22.7 Å². The molecular weight excluding hydrogens is 413 g/mol. The van der Waals surface area contributed by atoms with Crippen molar-refractivity contribution in [2.45, 2.75) is 6.42 Å².